The fourth-order valence-electron chi connectivity index (χ4n) is 1.70. The molecule has 0 spiro atoms. The van der Waals surface area contributed by atoms with Gasteiger partial charge in [0.2, 0.25) is 0 Å². The van der Waals surface area contributed by atoms with Crippen molar-refractivity contribution in [3.05, 3.63) is 58.6 Å². The maximum atomic E-state index is 8.98. The molecule has 0 aliphatic rings. The van der Waals surface area contributed by atoms with Crippen molar-refractivity contribution in [2.45, 2.75) is 13.5 Å². The summed E-state index contributed by atoms with van der Waals surface area (Å²) in [6, 6.07) is 12.4. The summed E-state index contributed by atoms with van der Waals surface area (Å²) in [7, 11) is -1.45. The molecule has 2 N–H and O–H groups in total. The van der Waals surface area contributed by atoms with E-state index in [1.54, 1.807) is 24.3 Å². The lowest BCUT2D eigenvalue weighted by Crippen LogP contribution is -2.29. The van der Waals surface area contributed by atoms with E-state index in [1.165, 1.54) is 0 Å². The Bertz CT molecular complexity index is 555. The molecule has 0 heterocycles. The highest BCUT2D eigenvalue weighted by molar-refractivity contribution is 6.58. The number of aryl methyl sites for hydroxylation is 1. The zero-order valence-electron chi connectivity index (χ0n) is 10.5. The summed E-state index contributed by atoms with van der Waals surface area (Å²) in [5.74, 6) is 0.678. The normalized spacial score (nSPS) is 10.3. The minimum atomic E-state index is -1.45. The molecular formula is C14H14BClO3. The molecule has 0 bridgehead atoms. The monoisotopic (exact) mass is 276 g/mol. The summed E-state index contributed by atoms with van der Waals surface area (Å²) in [6.45, 7) is 2.39. The van der Waals surface area contributed by atoms with Crippen molar-refractivity contribution in [1.29, 1.82) is 0 Å². The number of hydrogen-bond acceptors (Lipinski definition) is 3. The van der Waals surface area contributed by atoms with E-state index in [2.05, 4.69) is 0 Å². The summed E-state index contributed by atoms with van der Waals surface area (Å²) >= 11 is 5.96. The van der Waals surface area contributed by atoms with Gasteiger partial charge in [-0.1, -0.05) is 35.9 Å². The van der Waals surface area contributed by atoms with E-state index in [9.17, 15) is 0 Å². The summed E-state index contributed by atoms with van der Waals surface area (Å²) in [5, 5.41) is 18.7. The van der Waals surface area contributed by atoms with Gasteiger partial charge in [0.05, 0.1) is 0 Å². The van der Waals surface area contributed by atoms with Crippen molar-refractivity contribution in [3.63, 3.8) is 0 Å². The Morgan fingerprint density at radius 1 is 1.11 bits per heavy atom. The minimum absolute atomic E-state index is 0.440. The molecular weight excluding hydrogens is 262 g/mol. The van der Waals surface area contributed by atoms with Crippen LogP contribution in [0.1, 0.15) is 11.1 Å². The van der Waals surface area contributed by atoms with Gasteiger partial charge >= 0.3 is 7.12 Å². The second kappa shape index (κ2) is 6.11. The first-order chi connectivity index (χ1) is 9.06. The Labute approximate surface area is 117 Å². The zero-order chi connectivity index (χ0) is 13.8. The van der Waals surface area contributed by atoms with E-state index in [0.717, 1.165) is 16.1 Å². The second-order valence-electron chi connectivity index (χ2n) is 4.31. The average Bonchev–Trinajstić information content (AvgIpc) is 2.40. The Morgan fingerprint density at radius 3 is 2.37 bits per heavy atom. The largest absolute Gasteiger partial charge is 0.489 e. The van der Waals surface area contributed by atoms with Crippen LogP contribution in [0.15, 0.2) is 42.5 Å². The first kappa shape index (κ1) is 13.9. The number of benzene rings is 2. The van der Waals surface area contributed by atoms with Crippen LogP contribution in [-0.4, -0.2) is 17.2 Å². The van der Waals surface area contributed by atoms with Crippen LogP contribution in [0.4, 0.5) is 0 Å². The standard InChI is InChI=1S/C14H14BClO3/c1-10-8-11(2-7-14(10)16)9-19-13-5-3-12(4-6-13)15(17)18/h2-8,17-18H,9H2,1H3. The summed E-state index contributed by atoms with van der Waals surface area (Å²) in [4.78, 5) is 0. The van der Waals surface area contributed by atoms with Gasteiger partial charge in [0.15, 0.2) is 0 Å². The van der Waals surface area contributed by atoms with Gasteiger partial charge in [-0.05, 0) is 41.7 Å². The van der Waals surface area contributed by atoms with E-state index in [-0.39, 0.29) is 0 Å². The van der Waals surface area contributed by atoms with Gasteiger partial charge in [-0.3, -0.25) is 0 Å². The maximum Gasteiger partial charge on any atom is 0.488 e. The highest BCUT2D eigenvalue weighted by Crippen LogP contribution is 2.18. The van der Waals surface area contributed by atoms with Crippen LogP contribution >= 0.6 is 11.6 Å². The van der Waals surface area contributed by atoms with Gasteiger partial charge in [-0.15, -0.1) is 0 Å². The quantitative estimate of drug-likeness (QED) is 0.839. The van der Waals surface area contributed by atoms with Crippen LogP contribution in [0, 0.1) is 6.92 Å². The fourth-order valence-corrected chi connectivity index (χ4v) is 1.82. The molecule has 0 saturated carbocycles. The van der Waals surface area contributed by atoms with Gasteiger partial charge in [-0.2, -0.15) is 0 Å². The van der Waals surface area contributed by atoms with Gasteiger partial charge in [-0.25, -0.2) is 0 Å². The molecule has 0 aliphatic heterocycles. The maximum absolute atomic E-state index is 8.98. The van der Waals surface area contributed by atoms with Crippen molar-refractivity contribution in [3.8, 4) is 5.75 Å². The molecule has 2 aromatic carbocycles. The first-order valence-electron chi connectivity index (χ1n) is 5.90. The van der Waals surface area contributed by atoms with Crippen LogP contribution < -0.4 is 10.2 Å². The van der Waals surface area contributed by atoms with Crippen molar-refractivity contribution in [1.82, 2.24) is 0 Å². The fraction of sp³-hybridized carbons (Fsp3) is 0.143. The Hall–Kier alpha value is -1.49. The second-order valence-corrected chi connectivity index (χ2v) is 4.72. The van der Waals surface area contributed by atoms with E-state index >= 15 is 0 Å². The third kappa shape index (κ3) is 3.74. The van der Waals surface area contributed by atoms with E-state index in [4.69, 9.17) is 26.4 Å². The molecule has 0 aromatic heterocycles. The minimum Gasteiger partial charge on any atom is -0.489 e. The highest BCUT2D eigenvalue weighted by atomic mass is 35.5. The summed E-state index contributed by atoms with van der Waals surface area (Å²) in [5.41, 5.74) is 2.49. The molecule has 0 fully saturated rings. The first-order valence-corrected chi connectivity index (χ1v) is 6.28. The molecule has 19 heavy (non-hydrogen) atoms. The SMILES string of the molecule is Cc1cc(COc2ccc(B(O)O)cc2)ccc1Cl. The van der Waals surface area contributed by atoms with Gasteiger partial charge < -0.3 is 14.8 Å². The molecule has 0 atom stereocenters. The van der Waals surface area contributed by atoms with Crippen molar-refractivity contribution >= 4 is 24.2 Å². The number of rotatable bonds is 4. The van der Waals surface area contributed by atoms with Gasteiger partial charge in [0.1, 0.15) is 12.4 Å². The third-order valence-corrected chi connectivity index (χ3v) is 3.23. The van der Waals surface area contributed by atoms with Crippen LogP contribution in [0.2, 0.25) is 5.02 Å². The van der Waals surface area contributed by atoms with Crippen LogP contribution in [0.25, 0.3) is 0 Å². The molecule has 2 aromatic rings. The molecule has 98 valence electrons. The van der Waals surface area contributed by atoms with E-state index < -0.39 is 7.12 Å². The number of hydrogen-bond donors (Lipinski definition) is 2. The zero-order valence-corrected chi connectivity index (χ0v) is 11.3. The lowest BCUT2D eigenvalue weighted by molar-refractivity contribution is 0.306. The van der Waals surface area contributed by atoms with E-state index in [0.29, 0.717) is 17.8 Å². The van der Waals surface area contributed by atoms with Gasteiger partial charge in [0, 0.05) is 5.02 Å². The van der Waals surface area contributed by atoms with Crippen molar-refractivity contribution < 1.29 is 14.8 Å². The lowest BCUT2D eigenvalue weighted by Gasteiger charge is -2.08. The number of ether oxygens (including phenoxy) is 1. The Kier molecular flexibility index (Phi) is 4.48. The Balaban J connectivity index is 2.00. The van der Waals surface area contributed by atoms with E-state index in [1.807, 2.05) is 25.1 Å². The predicted octanol–water partition coefficient (Wildman–Crippen LogP) is 1.91. The summed E-state index contributed by atoms with van der Waals surface area (Å²) < 4.78 is 5.62. The highest BCUT2D eigenvalue weighted by Gasteiger charge is 2.09. The predicted molar refractivity (Wildman–Crippen MR) is 76.8 cm³/mol. The third-order valence-electron chi connectivity index (χ3n) is 2.81. The molecule has 0 unspecified atom stereocenters. The van der Waals surface area contributed by atoms with Crippen LogP contribution in [0.3, 0.4) is 0 Å². The molecule has 0 aliphatic carbocycles. The van der Waals surface area contributed by atoms with Crippen LogP contribution in [-0.2, 0) is 6.61 Å². The number of halogens is 1. The average molecular weight is 277 g/mol. The molecule has 5 heteroatoms. The van der Waals surface area contributed by atoms with Crippen LogP contribution in [0.5, 0.6) is 5.75 Å². The molecule has 0 saturated heterocycles. The van der Waals surface area contributed by atoms with Gasteiger partial charge in [0.25, 0.3) is 0 Å². The molecule has 3 nitrogen and oxygen atoms in total. The molecule has 2 rings (SSSR count). The summed E-state index contributed by atoms with van der Waals surface area (Å²) in [6.07, 6.45) is 0. The van der Waals surface area contributed by atoms with Crippen molar-refractivity contribution in [2.24, 2.45) is 0 Å². The molecule has 0 amide bonds. The van der Waals surface area contributed by atoms with Crippen molar-refractivity contribution in [2.75, 3.05) is 0 Å². The lowest BCUT2D eigenvalue weighted by atomic mass is 9.80. The molecule has 0 radical (unpaired) electrons. The topological polar surface area (TPSA) is 49.7 Å². The smallest absolute Gasteiger partial charge is 0.488 e. The Morgan fingerprint density at radius 2 is 1.79 bits per heavy atom.